The topological polar surface area (TPSA) is 73.8 Å². The van der Waals surface area contributed by atoms with Gasteiger partial charge in [-0.3, -0.25) is 0 Å². The minimum atomic E-state index is -1.96. The lowest BCUT2D eigenvalue weighted by Gasteiger charge is -2.39. The van der Waals surface area contributed by atoms with Crippen molar-refractivity contribution in [3.8, 4) is 0 Å². The molecule has 0 aromatic rings. The van der Waals surface area contributed by atoms with Crippen molar-refractivity contribution in [2.45, 2.75) is 353 Å². The highest BCUT2D eigenvalue weighted by Crippen LogP contribution is 2.44. The Hall–Kier alpha value is 8.02. The molecule has 816 valence electrons. The number of quaternary nitrogens is 8. The second-order valence-corrected chi connectivity index (χ2v) is 116. The molecule has 0 saturated heterocycles. The molecule has 0 heterocycles. The summed E-state index contributed by atoms with van der Waals surface area (Å²) < 4.78 is 63.7. The van der Waals surface area contributed by atoms with Gasteiger partial charge in [-0.05, 0) is 153 Å². The Balaban J connectivity index is -0.00000275. The van der Waals surface area contributed by atoms with Crippen LogP contribution >= 0.6 is 0 Å². The Morgan fingerprint density at radius 3 is 0.293 bits per heavy atom. The first kappa shape index (κ1) is 159. The van der Waals surface area contributed by atoms with E-state index >= 15 is 0 Å². The molecule has 0 aliphatic carbocycles. The summed E-state index contributed by atoms with van der Waals surface area (Å²) in [6.07, 6.45) is 16.7. The molecule has 0 aliphatic heterocycles. The molecule has 0 unspecified atom stereocenters. The van der Waals surface area contributed by atoms with E-state index in [9.17, 15) is 0 Å². The molecule has 0 amide bonds. The predicted molar refractivity (Wildman–Crippen MR) is 594 cm³/mol. The van der Waals surface area contributed by atoms with Crippen LogP contribution in [0.2, 0.25) is 276 Å². The van der Waals surface area contributed by atoms with E-state index in [2.05, 4.69) is 300 Å². The molecule has 0 fully saturated rings. The number of hydrogen-bond donors (Lipinski definition) is 0. The van der Waals surface area contributed by atoms with Crippen molar-refractivity contribution in [2.75, 3.05) is 274 Å². The van der Waals surface area contributed by atoms with Crippen molar-refractivity contribution in [3.63, 3.8) is 0 Å². The molecule has 0 aliphatic rings. The van der Waals surface area contributed by atoms with Crippen molar-refractivity contribution in [3.05, 3.63) is 0 Å². The van der Waals surface area contributed by atoms with Gasteiger partial charge in [0.25, 0.3) is 0 Å². The monoisotopic (exact) mass is 3010 g/mol. The number of likely N-dealkylation sites (N-methyl/N-ethyl adjacent to an activating group) is 8. The summed E-state index contributed by atoms with van der Waals surface area (Å²) in [5.74, 6) is 0. The van der Waals surface area contributed by atoms with E-state index < -0.39 is 107 Å². The maximum Gasteiger partial charge on any atom is 0.187 e. The van der Waals surface area contributed by atoms with Gasteiger partial charge < -0.3 is 263 Å². The van der Waals surface area contributed by atoms with Gasteiger partial charge in [0.15, 0.2) is 66.5 Å². The molecule has 0 saturated carbocycles. The molecule has 37 heteroatoms. The van der Waals surface area contributed by atoms with Crippen LogP contribution in [-0.4, -0.2) is 417 Å². The quantitative estimate of drug-likeness (QED) is 0.0476. The number of halogens is 8. The Kier molecular flexibility index (Phi) is 85.7. The van der Waals surface area contributed by atoms with Gasteiger partial charge in [-0.15, -0.1) is 0 Å². The smallest absolute Gasteiger partial charge is 0.187 e. The third kappa shape index (κ3) is 94.5. The van der Waals surface area contributed by atoms with Gasteiger partial charge >= 0.3 is 0 Å². The van der Waals surface area contributed by atoms with E-state index in [0.717, 1.165) is 141 Å². The molecular formula is C96H236I8N8O8Si13. The first-order valence-corrected chi connectivity index (χ1v) is 91.9. The van der Waals surface area contributed by atoms with E-state index in [1.54, 1.807) is 24.2 Å². The maximum atomic E-state index is 6.99. The molecule has 0 atom stereocenters. The van der Waals surface area contributed by atoms with E-state index in [0.29, 0.717) is 0 Å². The van der Waals surface area contributed by atoms with Crippen LogP contribution in [0.25, 0.3) is 0 Å². The molecule has 0 radical (unpaired) electrons. The number of nitrogens with zero attached hydrogens (tertiary/aromatic N) is 8. The van der Waals surface area contributed by atoms with E-state index in [1.165, 1.54) is 198 Å². The van der Waals surface area contributed by atoms with Gasteiger partial charge in [0, 0.05) is 0 Å². The van der Waals surface area contributed by atoms with Crippen molar-refractivity contribution in [1.82, 2.24) is 0 Å². The lowest BCUT2D eigenvalue weighted by atomic mass is 10.5. The van der Waals surface area contributed by atoms with Gasteiger partial charge in [-0.25, -0.2) is 0 Å². The zero-order valence-electron chi connectivity index (χ0n) is 97.1. The largest absolute Gasteiger partial charge is 1.00 e. The van der Waals surface area contributed by atoms with Crippen LogP contribution in [0, 0.1) is 0 Å². The molecule has 0 spiro atoms. The standard InChI is InChI=1S/C96H236N8O8Si13.8HI/c1-97(2,3)57-65-105-113(25,26)73-45-81-121(41,82-46-74-114(27,28)106-66-58-98(4,5)6)89-53-93-125(94-54-90-122(42,83-47-75-115(29,30)107-67-59-99(7,8)9)84-48-76-116(31,32)108-68-60-100(10,11)12,95-55-91-123(43,85-49-77-117(33,34)109-69-61-101(13,14)15)86-50-78-118(35,36)110-70-62-102(16,17)18)96-56-92-124(44,87-51-79-119(37,38)111-71-63-103(19,20)21)88-52-80-120(39,40)112-72-64-104(22,23)24;;;;;;;;/h45-96H2,1-44H3;8*1H/q+8;;;;;;;;/p-8. The first-order chi connectivity index (χ1) is 56.1. The van der Waals surface area contributed by atoms with Crippen LogP contribution in [0.3, 0.4) is 0 Å². The molecule has 0 N–H and O–H groups in total. The van der Waals surface area contributed by atoms with Crippen LogP contribution in [-0.2, 0) is 35.4 Å². The highest BCUT2D eigenvalue weighted by molar-refractivity contribution is 6.84. The summed E-state index contributed by atoms with van der Waals surface area (Å²) in [6.45, 7) is 68.2. The van der Waals surface area contributed by atoms with Gasteiger partial charge in [-0.1, -0.05) is 200 Å². The van der Waals surface area contributed by atoms with E-state index in [-0.39, 0.29) is 192 Å². The Labute approximate surface area is 984 Å². The average Bonchev–Trinajstić information content (AvgIpc) is 0.831. The zero-order chi connectivity index (χ0) is 96.9. The number of rotatable bonds is 80. The predicted octanol–water partition coefficient (Wildman–Crippen LogP) is -0.114. The van der Waals surface area contributed by atoms with Gasteiger partial charge in [-0.2, -0.15) is 0 Å². The highest BCUT2D eigenvalue weighted by Gasteiger charge is 2.42. The van der Waals surface area contributed by atoms with Crippen molar-refractivity contribution in [2.24, 2.45) is 0 Å². The minimum Gasteiger partial charge on any atom is -1.00 e. The summed E-state index contributed by atoms with van der Waals surface area (Å²) in [5.41, 5.74) is 0. The molecule has 0 rings (SSSR count). The second kappa shape index (κ2) is 71.9. The van der Waals surface area contributed by atoms with E-state index in [4.69, 9.17) is 35.4 Å². The van der Waals surface area contributed by atoms with Crippen LogP contribution in [0.1, 0.15) is 77.0 Å². The van der Waals surface area contributed by atoms with Gasteiger partial charge in [0.1, 0.15) is 52.4 Å². The third-order valence-electron chi connectivity index (χ3n) is 28.5. The summed E-state index contributed by atoms with van der Waals surface area (Å²) >= 11 is 0. The van der Waals surface area contributed by atoms with Crippen LogP contribution in [0.5, 0.6) is 0 Å². The Morgan fingerprint density at radius 1 is 0.128 bits per heavy atom. The number of hydrogen-bond acceptors (Lipinski definition) is 8. The van der Waals surface area contributed by atoms with Crippen molar-refractivity contribution < 1.29 is 263 Å². The van der Waals surface area contributed by atoms with Crippen LogP contribution in [0.4, 0.5) is 0 Å². The van der Waals surface area contributed by atoms with Crippen molar-refractivity contribution >= 4 is 107 Å². The fraction of sp³-hybridized carbons (Fsp3) is 1.00. The average molecular weight is 3010 g/mol. The normalized spacial score (nSPS) is 14.0. The van der Waals surface area contributed by atoms with Gasteiger partial charge in [0.2, 0.25) is 0 Å². The molecule has 0 aromatic carbocycles. The van der Waals surface area contributed by atoms with Crippen LogP contribution in [0.15, 0.2) is 0 Å². The summed E-state index contributed by atoms with van der Waals surface area (Å²) in [7, 11) is 32.2. The molecular weight excluding hydrogens is 2770 g/mol. The molecule has 133 heavy (non-hydrogen) atoms. The highest BCUT2D eigenvalue weighted by atomic mass is 127. The Bertz CT molecular complexity index is 2350. The molecule has 16 nitrogen and oxygen atoms in total. The summed E-state index contributed by atoms with van der Waals surface area (Å²) in [6, 6.07) is 34.3. The SMILES string of the molecule is C[N+](C)(C)CCO[Si](C)(C)CCC[Si](C)(CCC[Si](CCC[Si](C)(CCC[Si](C)(C)OCC[N+](C)(C)C)CCC[Si](C)(C)OCC[N+](C)(C)C)(CCC[Si](C)(CCC[Si](C)(C)OCC[N+](C)(C)C)CCC[Si](C)(C)OCC[N+](C)(C)C)CCC[Si](C)(CCC[Si](C)(C)OCC[N+](C)(C)C)CCC[Si](C)(C)OCC[N+](C)(C)C)CCC[Si](C)(C)OCC[N+](C)(C)C.[I-].[I-].[I-].[I-].[I-].[I-].[I-].[I-]. The van der Waals surface area contributed by atoms with Crippen molar-refractivity contribution in [1.29, 1.82) is 0 Å². The minimum absolute atomic E-state index is 0. The van der Waals surface area contributed by atoms with Gasteiger partial charge in [0.05, 0.1) is 262 Å². The third-order valence-corrected chi connectivity index (χ3v) is 73.2. The Morgan fingerprint density at radius 2 is 0.211 bits per heavy atom. The van der Waals surface area contributed by atoms with E-state index in [1.807, 2.05) is 0 Å². The molecule has 0 aromatic heterocycles. The first-order valence-electron chi connectivity index (χ1n) is 51.7. The summed E-state index contributed by atoms with van der Waals surface area (Å²) in [5, 5.41) is 0. The maximum absolute atomic E-state index is 6.99. The molecule has 0 bridgehead atoms. The lowest BCUT2D eigenvalue weighted by molar-refractivity contribution is -0.870. The fourth-order valence-corrected chi connectivity index (χ4v) is 58.0. The second-order valence-electron chi connectivity index (χ2n) is 56.0. The fourth-order valence-electron chi connectivity index (χ4n) is 18.7. The van der Waals surface area contributed by atoms with Crippen LogP contribution < -0.4 is 192 Å². The zero-order valence-corrected chi connectivity index (χ0v) is 127. The summed E-state index contributed by atoms with van der Waals surface area (Å²) in [4.78, 5) is 0. The lowest BCUT2D eigenvalue weighted by Crippen LogP contribution is -3.00.